The summed E-state index contributed by atoms with van der Waals surface area (Å²) in [7, 11) is 1.41. The fourth-order valence-electron chi connectivity index (χ4n) is 3.81. The van der Waals surface area contributed by atoms with Gasteiger partial charge in [0.05, 0.1) is 20.0 Å². The van der Waals surface area contributed by atoms with E-state index >= 15 is 0 Å². The third-order valence-corrected chi connectivity index (χ3v) is 6.12. The maximum Gasteiger partial charge on any atom is 0.311 e. The summed E-state index contributed by atoms with van der Waals surface area (Å²) in [4.78, 5) is 36.4. The van der Waals surface area contributed by atoms with Gasteiger partial charge in [0.15, 0.2) is 17.8 Å². The monoisotopic (exact) mass is 567 g/mol. The van der Waals surface area contributed by atoms with Crippen LogP contribution in [0.1, 0.15) is 57.9 Å². The molecule has 1 aliphatic rings. The lowest BCUT2D eigenvalue weighted by atomic mass is 9.99. The molecule has 1 heterocycles. The lowest BCUT2D eigenvalue weighted by Crippen LogP contribution is -2.58. The zero-order valence-corrected chi connectivity index (χ0v) is 23.2. The van der Waals surface area contributed by atoms with Crippen molar-refractivity contribution in [3.8, 4) is 11.5 Å². The Hall–Kier alpha value is -3.03. The quantitative estimate of drug-likeness (QED) is 0.0886. The van der Waals surface area contributed by atoms with Gasteiger partial charge in [-0.1, -0.05) is 32.1 Å². The lowest BCUT2D eigenvalue weighted by molar-refractivity contribution is -0.287. The smallest absolute Gasteiger partial charge is 0.311 e. The maximum absolute atomic E-state index is 12.3. The van der Waals surface area contributed by atoms with Gasteiger partial charge in [0.2, 0.25) is 5.91 Å². The third-order valence-electron chi connectivity index (χ3n) is 6.12. The maximum atomic E-state index is 12.3. The number of hydrogen-bond donors (Lipinski definition) is 5. The molecule has 1 saturated heterocycles. The van der Waals surface area contributed by atoms with Crippen molar-refractivity contribution in [2.24, 2.45) is 5.92 Å². The Morgan fingerprint density at radius 3 is 2.40 bits per heavy atom. The van der Waals surface area contributed by atoms with Gasteiger partial charge in [0, 0.05) is 13.0 Å². The molecule has 0 radical (unpaired) electrons. The zero-order valence-electron chi connectivity index (χ0n) is 23.2. The molecule has 0 bridgehead atoms. The minimum atomic E-state index is -1.75. The summed E-state index contributed by atoms with van der Waals surface area (Å²) in [6, 6.07) is 4.86. The number of methoxy groups -OCH3 is 1. The summed E-state index contributed by atoms with van der Waals surface area (Å²) >= 11 is 0. The first-order valence-corrected chi connectivity index (χ1v) is 13.4. The van der Waals surface area contributed by atoms with Crippen molar-refractivity contribution in [1.82, 2.24) is 5.32 Å². The number of rotatable bonds is 15. The summed E-state index contributed by atoms with van der Waals surface area (Å²) in [5, 5.41) is 41.4. The normalized spacial score (nSPS) is 22.8. The van der Waals surface area contributed by atoms with Crippen LogP contribution in [0.5, 0.6) is 11.5 Å². The van der Waals surface area contributed by atoms with Gasteiger partial charge in [-0.2, -0.15) is 0 Å². The van der Waals surface area contributed by atoms with Crippen molar-refractivity contribution in [2.75, 3.05) is 13.7 Å². The van der Waals surface area contributed by atoms with Crippen molar-refractivity contribution < 1.29 is 53.8 Å². The van der Waals surface area contributed by atoms with Gasteiger partial charge in [-0.05, 0) is 42.9 Å². The number of hydrogen-bond acceptors (Lipinski definition) is 11. The number of amides is 1. The predicted molar refractivity (Wildman–Crippen MR) is 142 cm³/mol. The van der Waals surface area contributed by atoms with Crippen LogP contribution in [0.3, 0.4) is 0 Å². The van der Waals surface area contributed by atoms with Crippen LogP contribution in [0.4, 0.5) is 0 Å². The molecule has 1 fully saturated rings. The molecule has 1 amide bonds. The van der Waals surface area contributed by atoms with E-state index in [1.807, 2.05) is 0 Å². The highest BCUT2D eigenvalue weighted by molar-refractivity contribution is 5.79. The largest absolute Gasteiger partial charge is 0.493 e. The van der Waals surface area contributed by atoms with Gasteiger partial charge < -0.3 is 44.7 Å². The van der Waals surface area contributed by atoms with Crippen LogP contribution in [-0.4, -0.2) is 82.7 Å². The Morgan fingerprint density at radius 1 is 0.975 bits per heavy atom. The highest BCUT2D eigenvalue weighted by Crippen LogP contribution is 2.28. The van der Waals surface area contributed by atoms with Gasteiger partial charge in [0.1, 0.15) is 31.0 Å². The minimum Gasteiger partial charge on any atom is -0.493 e. The molecule has 224 valence electrons. The third kappa shape index (κ3) is 11.2. The van der Waals surface area contributed by atoms with Crippen LogP contribution in [0, 0.1) is 5.92 Å². The summed E-state index contributed by atoms with van der Waals surface area (Å²) in [5.41, 5.74) is 0.753. The molecule has 0 aromatic heterocycles. The molecule has 5 N–H and O–H groups in total. The highest BCUT2D eigenvalue weighted by Gasteiger charge is 2.43. The highest BCUT2D eigenvalue weighted by atomic mass is 16.7. The number of carbonyl (C=O) groups is 3. The van der Waals surface area contributed by atoms with E-state index in [-0.39, 0.29) is 36.8 Å². The Labute approximate surface area is 233 Å². The number of nitrogens with one attached hydrogen (secondary N) is 1. The number of carbonyl (C=O) groups excluding carboxylic acids is 3. The fraction of sp³-hybridized carbons (Fsp3) is 0.607. The topological polar surface area (TPSA) is 181 Å². The van der Waals surface area contributed by atoms with Crippen LogP contribution in [0.2, 0.25) is 0 Å². The number of esters is 2. The summed E-state index contributed by atoms with van der Waals surface area (Å²) in [6.07, 6.45) is -1.19. The number of benzene rings is 1. The van der Waals surface area contributed by atoms with Crippen LogP contribution in [-0.2, 0) is 30.4 Å². The molecule has 0 aliphatic carbocycles. The molecule has 12 nitrogen and oxygen atoms in total. The van der Waals surface area contributed by atoms with E-state index in [1.165, 1.54) is 13.2 Å². The van der Waals surface area contributed by atoms with Crippen molar-refractivity contribution in [1.29, 1.82) is 0 Å². The average Bonchev–Trinajstić information content (AvgIpc) is 2.93. The van der Waals surface area contributed by atoms with Crippen molar-refractivity contribution in [3.63, 3.8) is 0 Å². The average molecular weight is 568 g/mol. The minimum absolute atomic E-state index is 0.0521. The van der Waals surface area contributed by atoms with E-state index in [0.717, 1.165) is 24.8 Å². The second-order valence-electron chi connectivity index (χ2n) is 9.87. The van der Waals surface area contributed by atoms with Crippen LogP contribution in [0.15, 0.2) is 30.4 Å². The molecular weight excluding hydrogens is 526 g/mol. The number of allylic oxidation sites excluding steroid dienone is 2. The zero-order chi connectivity index (χ0) is 29.7. The van der Waals surface area contributed by atoms with Crippen molar-refractivity contribution in [3.05, 3.63) is 35.9 Å². The van der Waals surface area contributed by atoms with Gasteiger partial charge in [0.25, 0.3) is 0 Å². The van der Waals surface area contributed by atoms with Crippen LogP contribution < -0.4 is 14.8 Å². The number of aliphatic hydroxyl groups excluding tert-OH is 4. The first-order valence-electron chi connectivity index (χ1n) is 13.4. The molecule has 0 spiro atoms. The van der Waals surface area contributed by atoms with Gasteiger partial charge in [-0.3, -0.25) is 14.4 Å². The second-order valence-corrected chi connectivity index (χ2v) is 9.87. The number of unbranched alkanes of at least 4 members (excludes halogenated alkanes) is 2. The fourth-order valence-corrected chi connectivity index (χ4v) is 3.81. The molecule has 5 atom stereocenters. The van der Waals surface area contributed by atoms with Crippen LogP contribution in [0.25, 0.3) is 0 Å². The molecule has 2 unspecified atom stereocenters. The van der Waals surface area contributed by atoms with E-state index in [1.54, 1.807) is 12.1 Å². The lowest BCUT2D eigenvalue weighted by Gasteiger charge is -2.37. The van der Waals surface area contributed by atoms with Gasteiger partial charge in [-0.25, -0.2) is 0 Å². The van der Waals surface area contributed by atoms with Crippen molar-refractivity contribution in [2.45, 2.75) is 89.6 Å². The number of aliphatic hydroxyl groups is 4. The summed E-state index contributed by atoms with van der Waals surface area (Å²) in [5.74, 6) is -0.623. The Morgan fingerprint density at radius 2 is 1.70 bits per heavy atom. The molecule has 40 heavy (non-hydrogen) atoms. The molecule has 1 aromatic carbocycles. The van der Waals surface area contributed by atoms with Crippen LogP contribution >= 0.6 is 0 Å². The number of ether oxygens (including phenoxy) is 4. The predicted octanol–water partition coefficient (Wildman–Crippen LogP) is 1.11. The molecule has 0 saturated carbocycles. The van der Waals surface area contributed by atoms with Gasteiger partial charge in [-0.15, -0.1) is 0 Å². The first kappa shape index (κ1) is 33.2. The van der Waals surface area contributed by atoms with E-state index in [9.17, 15) is 34.8 Å². The molecule has 1 aliphatic heterocycles. The van der Waals surface area contributed by atoms with Gasteiger partial charge >= 0.3 is 11.9 Å². The van der Waals surface area contributed by atoms with E-state index in [4.69, 9.17) is 18.9 Å². The summed E-state index contributed by atoms with van der Waals surface area (Å²) < 4.78 is 20.5. The first-order chi connectivity index (χ1) is 19.0. The Bertz CT molecular complexity index is 996. The molecule has 1 aromatic rings. The van der Waals surface area contributed by atoms with Crippen molar-refractivity contribution >= 4 is 17.8 Å². The standard InChI is InChI=1S/C28H41NO11/c1-17(2)8-6-4-5-7-9-22(30)29-15-18-10-11-19(20(14-18)37-3)39-24(32)13-12-23(31)38-16-21-25(33)26(34)27(35)28(36)40-21/h6,8,10-11,14,17,21,25-28,33-36H,4-5,7,9,12-13,15-16H2,1-3H3,(H,29,30)/b8-6+/t21-,25+,26?,27-,28?/m1/s1. The second kappa shape index (κ2) is 16.9. The van der Waals surface area contributed by atoms with E-state index in [2.05, 4.69) is 31.3 Å². The summed E-state index contributed by atoms with van der Waals surface area (Å²) in [6.45, 7) is 4.02. The Kier molecular flexibility index (Phi) is 14.0. The SMILES string of the molecule is COc1cc(CNC(=O)CCCC/C=C/C(C)C)ccc1OC(=O)CCC(=O)OC[C@H]1OC(O)[C@H](O)C(O)[C@H]1O. The molecule has 2 rings (SSSR count). The van der Waals surface area contributed by atoms with E-state index < -0.39 is 49.3 Å². The molecular formula is C28H41NO11. The van der Waals surface area contributed by atoms with E-state index in [0.29, 0.717) is 12.3 Å². The molecule has 12 heteroatoms. The Balaban J connectivity index is 1.73.